The van der Waals surface area contributed by atoms with Crippen LogP contribution < -0.4 is 4.74 Å². The molecule has 0 saturated carbocycles. The molecule has 1 heterocycles. The van der Waals surface area contributed by atoms with Crippen molar-refractivity contribution in [2.75, 3.05) is 13.2 Å². The Labute approximate surface area is 113 Å². The highest BCUT2D eigenvalue weighted by atomic mass is 79.9. The van der Waals surface area contributed by atoms with Gasteiger partial charge in [0.05, 0.1) is 6.61 Å². The largest absolute Gasteiger partial charge is 0.488 e. The average molecular weight is 350 g/mol. The van der Waals surface area contributed by atoms with Gasteiger partial charge in [0.1, 0.15) is 11.9 Å². The van der Waals surface area contributed by atoms with Gasteiger partial charge >= 0.3 is 0 Å². The molecular formula is C12H14Br2O2. The van der Waals surface area contributed by atoms with Gasteiger partial charge in [-0.1, -0.05) is 31.9 Å². The first-order valence-electron chi connectivity index (χ1n) is 5.38. The molecule has 1 fully saturated rings. The number of rotatable bonds is 3. The van der Waals surface area contributed by atoms with E-state index in [4.69, 9.17) is 9.47 Å². The minimum atomic E-state index is 0.207. The Hall–Kier alpha value is -0.0600. The van der Waals surface area contributed by atoms with Crippen molar-refractivity contribution < 1.29 is 9.47 Å². The van der Waals surface area contributed by atoms with Gasteiger partial charge in [0.15, 0.2) is 0 Å². The molecule has 1 unspecified atom stereocenters. The molecule has 1 aliphatic rings. The lowest BCUT2D eigenvalue weighted by atomic mass is 10.1. The van der Waals surface area contributed by atoms with Gasteiger partial charge in [0.2, 0.25) is 0 Å². The van der Waals surface area contributed by atoms with Crippen LogP contribution >= 0.6 is 31.9 Å². The molecule has 1 atom stereocenters. The Morgan fingerprint density at radius 2 is 2.31 bits per heavy atom. The highest BCUT2D eigenvalue weighted by Crippen LogP contribution is 2.26. The van der Waals surface area contributed by atoms with Gasteiger partial charge in [-0.3, -0.25) is 0 Å². The van der Waals surface area contributed by atoms with Crippen LogP contribution in [0, 0.1) is 0 Å². The van der Waals surface area contributed by atoms with Crippen LogP contribution in [-0.4, -0.2) is 19.3 Å². The van der Waals surface area contributed by atoms with E-state index >= 15 is 0 Å². The maximum Gasteiger partial charge on any atom is 0.122 e. The first-order valence-corrected chi connectivity index (χ1v) is 7.30. The number of hydrogen-bond acceptors (Lipinski definition) is 2. The molecule has 0 N–H and O–H groups in total. The number of alkyl halides is 1. The smallest absolute Gasteiger partial charge is 0.122 e. The predicted molar refractivity (Wildman–Crippen MR) is 71.2 cm³/mol. The normalized spacial score (nSPS) is 20.8. The van der Waals surface area contributed by atoms with E-state index in [9.17, 15) is 0 Å². The van der Waals surface area contributed by atoms with Gasteiger partial charge in [0.25, 0.3) is 0 Å². The summed E-state index contributed by atoms with van der Waals surface area (Å²) in [5.41, 5.74) is 1.20. The Kier molecular flexibility index (Phi) is 4.67. The summed E-state index contributed by atoms with van der Waals surface area (Å²) in [5.74, 6) is 0.924. The van der Waals surface area contributed by atoms with E-state index in [1.54, 1.807) is 0 Å². The van der Waals surface area contributed by atoms with Crippen molar-refractivity contribution in [3.05, 3.63) is 28.2 Å². The molecule has 0 radical (unpaired) electrons. The minimum Gasteiger partial charge on any atom is -0.488 e. The SMILES string of the molecule is BrCc1cc(OC2CCCOC2)ccc1Br. The second-order valence-electron chi connectivity index (χ2n) is 3.84. The average Bonchev–Trinajstić information content (AvgIpc) is 2.33. The molecule has 4 heteroatoms. The van der Waals surface area contributed by atoms with Gasteiger partial charge in [-0.25, -0.2) is 0 Å². The van der Waals surface area contributed by atoms with Gasteiger partial charge in [0, 0.05) is 16.4 Å². The van der Waals surface area contributed by atoms with Crippen LogP contribution in [0.4, 0.5) is 0 Å². The molecule has 0 aliphatic carbocycles. The lowest BCUT2D eigenvalue weighted by Gasteiger charge is -2.23. The zero-order valence-electron chi connectivity index (χ0n) is 8.92. The van der Waals surface area contributed by atoms with Gasteiger partial charge < -0.3 is 9.47 Å². The second-order valence-corrected chi connectivity index (χ2v) is 5.26. The fraction of sp³-hybridized carbons (Fsp3) is 0.500. The van der Waals surface area contributed by atoms with Crippen molar-refractivity contribution in [1.82, 2.24) is 0 Å². The number of hydrogen-bond donors (Lipinski definition) is 0. The third-order valence-electron chi connectivity index (χ3n) is 2.58. The summed E-state index contributed by atoms with van der Waals surface area (Å²) in [6, 6.07) is 6.08. The Bertz CT molecular complexity index is 349. The topological polar surface area (TPSA) is 18.5 Å². The van der Waals surface area contributed by atoms with E-state index in [-0.39, 0.29) is 6.10 Å². The van der Waals surface area contributed by atoms with E-state index in [1.807, 2.05) is 12.1 Å². The quantitative estimate of drug-likeness (QED) is 0.770. The molecule has 1 aromatic rings. The predicted octanol–water partition coefficient (Wildman–Crippen LogP) is 3.90. The molecule has 1 aliphatic heterocycles. The fourth-order valence-electron chi connectivity index (χ4n) is 1.72. The minimum absolute atomic E-state index is 0.207. The lowest BCUT2D eigenvalue weighted by molar-refractivity contribution is 0.00740. The number of benzene rings is 1. The van der Waals surface area contributed by atoms with Crippen LogP contribution in [0.3, 0.4) is 0 Å². The summed E-state index contributed by atoms with van der Waals surface area (Å²) in [6.45, 7) is 1.58. The molecular weight excluding hydrogens is 336 g/mol. The van der Waals surface area contributed by atoms with Crippen molar-refractivity contribution in [1.29, 1.82) is 0 Å². The number of ether oxygens (including phenoxy) is 2. The highest BCUT2D eigenvalue weighted by Gasteiger charge is 2.15. The Morgan fingerprint density at radius 1 is 1.44 bits per heavy atom. The molecule has 0 bridgehead atoms. The molecule has 88 valence electrons. The lowest BCUT2D eigenvalue weighted by Crippen LogP contribution is -2.28. The highest BCUT2D eigenvalue weighted by molar-refractivity contribution is 9.10. The third kappa shape index (κ3) is 3.22. The van der Waals surface area contributed by atoms with E-state index in [0.717, 1.165) is 35.0 Å². The molecule has 0 amide bonds. The first-order chi connectivity index (χ1) is 7.79. The maximum absolute atomic E-state index is 5.89. The zero-order chi connectivity index (χ0) is 11.4. The first kappa shape index (κ1) is 12.4. The summed E-state index contributed by atoms with van der Waals surface area (Å²) in [7, 11) is 0. The third-order valence-corrected chi connectivity index (χ3v) is 3.96. The molecule has 0 aromatic heterocycles. The molecule has 16 heavy (non-hydrogen) atoms. The standard InChI is InChI=1S/C12H14Br2O2/c13-7-9-6-10(3-4-12(9)14)16-11-2-1-5-15-8-11/h3-4,6,11H,1-2,5,7-8H2. The van der Waals surface area contributed by atoms with E-state index in [1.165, 1.54) is 5.56 Å². The fourth-order valence-corrected chi connectivity index (χ4v) is 2.95. The van der Waals surface area contributed by atoms with Gasteiger partial charge in [-0.15, -0.1) is 0 Å². The summed E-state index contributed by atoms with van der Waals surface area (Å²) >= 11 is 6.96. The van der Waals surface area contributed by atoms with Gasteiger partial charge in [-0.2, -0.15) is 0 Å². The van der Waals surface area contributed by atoms with Crippen LogP contribution in [-0.2, 0) is 10.1 Å². The second kappa shape index (κ2) is 6.03. The molecule has 0 spiro atoms. The van der Waals surface area contributed by atoms with Crippen LogP contribution in [0.1, 0.15) is 18.4 Å². The summed E-state index contributed by atoms with van der Waals surface area (Å²) in [6.07, 6.45) is 2.38. The van der Waals surface area contributed by atoms with Crippen molar-refractivity contribution in [2.45, 2.75) is 24.3 Å². The van der Waals surface area contributed by atoms with Gasteiger partial charge in [-0.05, 0) is 36.6 Å². The van der Waals surface area contributed by atoms with Crippen molar-refractivity contribution in [3.8, 4) is 5.75 Å². The van der Waals surface area contributed by atoms with Crippen molar-refractivity contribution in [2.24, 2.45) is 0 Å². The Morgan fingerprint density at radius 3 is 3.00 bits per heavy atom. The monoisotopic (exact) mass is 348 g/mol. The van der Waals surface area contributed by atoms with E-state index in [0.29, 0.717) is 6.61 Å². The summed E-state index contributed by atoms with van der Waals surface area (Å²) in [5, 5.41) is 0.825. The van der Waals surface area contributed by atoms with Crippen LogP contribution in [0.5, 0.6) is 5.75 Å². The van der Waals surface area contributed by atoms with E-state index in [2.05, 4.69) is 37.9 Å². The summed E-state index contributed by atoms with van der Waals surface area (Å²) in [4.78, 5) is 0. The van der Waals surface area contributed by atoms with E-state index < -0.39 is 0 Å². The van der Waals surface area contributed by atoms with Crippen LogP contribution in [0.25, 0.3) is 0 Å². The van der Waals surface area contributed by atoms with Crippen molar-refractivity contribution in [3.63, 3.8) is 0 Å². The summed E-state index contributed by atoms with van der Waals surface area (Å²) < 4.78 is 12.4. The molecule has 1 saturated heterocycles. The Balaban J connectivity index is 2.03. The molecule has 2 nitrogen and oxygen atoms in total. The van der Waals surface area contributed by atoms with Crippen LogP contribution in [0.15, 0.2) is 22.7 Å². The number of halogens is 2. The maximum atomic E-state index is 5.89. The van der Waals surface area contributed by atoms with Crippen molar-refractivity contribution >= 4 is 31.9 Å². The molecule has 2 rings (SSSR count). The molecule has 1 aromatic carbocycles. The van der Waals surface area contributed by atoms with Crippen LogP contribution in [0.2, 0.25) is 0 Å². The zero-order valence-corrected chi connectivity index (χ0v) is 12.1.